The summed E-state index contributed by atoms with van der Waals surface area (Å²) in [6.45, 7) is 14.2. The van der Waals surface area contributed by atoms with E-state index in [1.54, 1.807) is 11.8 Å². The van der Waals surface area contributed by atoms with E-state index in [4.69, 9.17) is 0 Å². The summed E-state index contributed by atoms with van der Waals surface area (Å²) in [6.07, 6.45) is 3.40. The second-order valence-corrected chi connectivity index (χ2v) is 8.49. The van der Waals surface area contributed by atoms with Crippen LogP contribution < -0.4 is 10.6 Å². The van der Waals surface area contributed by atoms with Crippen LogP contribution in [0.4, 0.5) is 4.39 Å². The van der Waals surface area contributed by atoms with E-state index in [-0.39, 0.29) is 29.8 Å². The molecule has 0 bridgehead atoms. The van der Waals surface area contributed by atoms with E-state index < -0.39 is 0 Å². The highest BCUT2D eigenvalue weighted by atomic mass is 127. The van der Waals surface area contributed by atoms with E-state index in [0.717, 1.165) is 42.7 Å². The molecule has 0 aliphatic carbocycles. The van der Waals surface area contributed by atoms with E-state index in [1.165, 1.54) is 64.2 Å². The van der Waals surface area contributed by atoms with Crippen molar-refractivity contribution in [2.75, 3.05) is 64.7 Å². The molecule has 0 spiro atoms. The molecule has 2 N–H and O–H groups in total. The summed E-state index contributed by atoms with van der Waals surface area (Å²) in [7, 11) is 0. The maximum Gasteiger partial charge on any atom is 0.191 e. The van der Waals surface area contributed by atoms with Gasteiger partial charge in [-0.25, -0.2) is 4.39 Å². The molecular formula is C22H39FIN5S. The number of rotatable bonds is 12. The van der Waals surface area contributed by atoms with Gasteiger partial charge in [0.2, 0.25) is 0 Å². The third-order valence-corrected chi connectivity index (χ3v) is 6.20. The standard InChI is InChI=1S/C22H38FN5S.HI/c1-3-24-22(26-13-7-19-29-21-10-8-20(23)9-11-21)25-12-5-6-14-28-17-15-27(4-2)16-18-28;/h8-11H,3-7,12-19H2,1-2H3,(H2,24,25,26);1H. The molecule has 1 saturated heterocycles. The highest BCUT2D eigenvalue weighted by Crippen LogP contribution is 2.18. The first-order chi connectivity index (χ1) is 14.2. The Labute approximate surface area is 203 Å². The van der Waals surface area contributed by atoms with Gasteiger partial charge in [-0.1, -0.05) is 6.92 Å². The lowest BCUT2D eigenvalue weighted by atomic mass is 10.2. The molecule has 0 saturated carbocycles. The smallest absolute Gasteiger partial charge is 0.191 e. The molecule has 1 aliphatic rings. The van der Waals surface area contributed by atoms with Crippen molar-refractivity contribution >= 4 is 41.7 Å². The molecule has 1 fully saturated rings. The van der Waals surface area contributed by atoms with E-state index in [1.807, 2.05) is 12.1 Å². The van der Waals surface area contributed by atoms with Gasteiger partial charge >= 0.3 is 0 Å². The maximum absolute atomic E-state index is 12.9. The van der Waals surface area contributed by atoms with Gasteiger partial charge in [0.25, 0.3) is 0 Å². The van der Waals surface area contributed by atoms with Crippen LogP contribution >= 0.6 is 35.7 Å². The van der Waals surface area contributed by atoms with Crippen molar-refractivity contribution in [2.24, 2.45) is 4.99 Å². The summed E-state index contributed by atoms with van der Waals surface area (Å²) >= 11 is 1.75. The fourth-order valence-electron chi connectivity index (χ4n) is 3.31. The minimum absolute atomic E-state index is 0. The van der Waals surface area contributed by atoms with E-state index in [9.17, 15) is 4.39 Å². The van der Waals surface area contributed by atoms with Gasteiger partial charge in [0, 0.05) is 50.7 Å². The van der Waals surface area contributed by atoms with Crippen LogP contribution in [-0.4, -0.2) is 80.4 Å². The summed E-state index contributed by atoms with van der Waals surface area (Å²) in [6, 6.07) is 6.69. The Kier molecular flexibility index (Phi) is 15.6. The first-order valence-electron chi connectivity index (χ1n) is 11.1. The molecule has 1 aromatic rings. The SMILES string of the molecule is CCNC(=NCCCSc1ccc(F)cc1)NCCCCN1CCN(CC)CC1.I. The number of nitrogens with zero attached hydrogens (tertiary/aromatic N) is 3. The van der Waals surface area contributed by atoms with Crippen molar-refractivity contribution in [3.63, 3.8) is 0 Å². The fraction of sp³-hybridized carbons (Fsp3) is 0.682. The summed E-state index contributed by atoms with van der Waals surface area (Å²) in [5.41, 5.74) is 0. The van der Waals surface area contributed by atoms with Crippen LogP contribution in [0, 0.1) is 5.82 Å². The molecule has 0 atom stereocenters. The van der Waals surface area contributed by atoms with Crippen LogP contribution in [-0.2, 0) is 0 Å². The molecule has 0 radical (unpaired) electrons. The van der Waals surface area contributed by atoms with Gasteiger partial charge in [0.05, 0.1) is 0 Å². The Balaban J connectivity index is 0.00000450. The van der Waals surface area contributed by atoms with Gasteiger partial charge in [-0.2, -0.15) is 0 Å². The van der Waals surface area contributed by atoms with E-state index in [0.29, 0.717) is 0 Å². The quantitative estimate of drug-likeness (QED) is 0.136. The number of likely N-dealkylation sites (N-methyl/N-ethyl adjacent to an activating group) is 1. The second kappa shape index (κ2) is 17.0. The first-order valence-corrected chi connectivity index (χ1v) is 12.0. The third-order valence-electron chi connectivity index (χ3n) is 5.10. The molecule has 1 aliphatic heterocycles. The molecule has 8 heteroatoms. The molecule has 172 valence electrons. The number of thioether (sulfide) groups is 1. The number of benzene rings is 1. The lowest BCUT2D eigenvalue weighted by Crippen LogP contribution is -2.46. The van der Waals surface area contributed by atoms with Crippen LogP contribution in [0.3, 0.4) is 0 Å². The Morgan fingerprint density at radius 2 is 1.70 bits per heavy atom. The number of halogens is 2. The maximum atomic E-state index is 12.9. The average molecular weight is 552 g/mol. The van der Waals surface area contributed by atoms with Gasteiger partial charge in [-0.3, -0.25) is 4.99 Å². The van der Waals surface area contributed by atoms with Crippen LogP contribution in [0.1, 0.15) is 33.1 Å². The summed E-state index contributed by atoms with van der Waals surface area (Å²) in [5.74, 6) is 1.72. The Morgan fingerprint density at radius 1 is 1.00 bits per heavy atom. The number of hydrogen-bond acceptors (Lipinski definition) is 4. The first kappa shape index (κ1) is 27.5. The molecule has 30 heavy (non-hydrogen) atoms. The summed E-state index contributed by atoms with van der Waals surface area (Å²) in [5, 5.41) is 6.78. The Bertz CT molecular complexity index is 579. The van der Waals surface area contributed by atoms with Crippen molar-refractivity contribution in [2.45, 2.75) is 38.0 Å². The third kappa shape index (κ3) is 11.7. The molecule has 0 amide bonds. The largest absolute Gasteiger partial charge is 0.357 e. The molecule has 5 nitrogen and oxygen atoms in total. The highest BCUT2D eigenvalue weighted by Gasteiger charge is 2.14. The number of guanidine groups is 1. The molecule has 1 heterocycles. The van der Waals surface area contributed by atoms with Gasteiger partial charge in [0.1, 0.15) is 5.82 Å². The highest BCUT2D eigenvalue weighted by molar-refractivity contribution is 14.0. The van der Waals surface area contributed by atoms with Crippen LogP contribution in [0.25, 0.3) is 0 Å². The average Bonchev–Trinajstić information content (AvgIpc) is 2.75. The minimum Gasteiger partial charge on any atom is -0.357 e. The molecule has 2 rings (SSSR count). The number of nitrogens with one attached hydrogen (secondary N) is 2. The fourth-order valence-corrected chi connectivity index (χ4v) is 4.15. The number of unbranched alkanes of at least 4 members (excludes halogenated alkanes) is 1. The zero-order chi connectivity index (χ0) is 20.7. The number of piperazine rings is 1. The van der Waals surface area contributed by atoms with Gasteiger partial charge in [0.15, 0.2) is 5.96 Å². The minimum atomic E-state index is -0.181. The number of hydrogen-bond donors (Lipinski definition) is 2. The Hall–Kier alpha value is -0.580. The molecule has 1 aromatic carbocycles. The molecule has 0 aromatic heterocycles. The lowest BCUT2D eigenvalue weighted by molar-refractivity contribution is 0.136. The van der Waals surface area contributed by atoms with Crippen LogP contribution in [0.5, 0.6) is 0 Å². The van der Waals surface area contributed by atoms with E-state index in [2.05, 4.69) is 39.3 Å². The van der Waals surface area contributed by atoms with Crippen LogP contribution in [0.2, 0.25) is 0 Å². The molecule has 0 unspecified atom stereocenters. The predicted molar refractivity (Wildman–Crippen MR) is 139 cm³/mol. The van der Waals surface area contributed by atoms with Crippen molar-refractivity contribution in [1.82, 2.24) is 20.4 Å². The van der Waals surface area contributed by atoms with E-state index >= 15 is 0 Å². The normalized spacial score (nSPS) is 15.6. The van der Waals surface area contributed by atoms with Crippen molar-refractivity contribution in [3.8, 4) is 0 Å². The van der Waals surface area contributed by atoms with Crippen molar-refractivity contribution < 1.29 is 4.39 Å². The lowest BCUT2D eigenvalue weighted by Gasteiger charge is -2.34. The van der Waals surface area contributed by atoms with Crippen LogP contribution in [0.15, 0.2) is 34.2 Å². The predicted octanol–water partition coefficient (Wildman–Crippen LogP) is 3.90. The number of aliphatic imine (C=N–C) groups is 1. The van der Waals surface area contributed by atoms with Crippen molar-refractivity contribution in [3.05, 3.63) is 30.1 Å². The summed E-state index contributed by atoms with van der Waals surface area (Å²) < 4.78 is 12.9. The zero-order valence-electron chi connectivity index (χ0n) is 18.5. The van der Waals surface area contributed by atoms with Crippen molar-refractivity contribution in [1.29, 1.82) is 0 Å². The monoisotopic (exact) mass is 551 g/mol. The zero-order valence-corrected chi connectivity index (χ0v) is 21.7. The van der Waals surface area contributed by atoms with Gasteiger partial charge < -0.3 is 20.4 Å². The topological polar surface area (TPSA) is 42.9 Å². The Morgan fingerprint density at radius 3 is 2.37 bits per heavy atom. The molecular weight excluding hydrogens is 512 g/mol. The van der Waals surface area contributed by atoms with Gasteiger partial charge in [-0.05, 0) is 69.3 Å². The second-order valence-electron chi connectivity index (χ2n) is 7.33. The van der Waals surface area contributed by atoms with Gasteiger partial charge in [-0.15, -0.1) is 35.7 Å². The summed E-state index contributed by atoms with van der Waals surface area (Å²) in [4.78, 5) is 10.9.